The Bertz CT molecular complexity index is 2040. The summed E-state index contributed by atoms with van der Waals surface area (Å²) in [4.78, 5) is 36.6. The summed E-state index contributed by atoms with van der Waals surface area (Å²) in [5, 5.41) is 10.0. The first-order chi connectivity index (χ1) is 33.5. The summed E-state index contributed by atoms with van der Waals surface area (Å²) in [6.45, 7) is 23.8. The molecular weight excluding hydrogens is 871 g/mol. The molecule has 3 unspecified atom stereocenters. The van der Waals surface area contributed by atoms with Gasteiger partial charge in [-0.25, -0.2) is 0 Å². The summed E-state index contributed by atoms with van der Waals surface area (Å²) in [6.07, 6.45) is 12.4. The van der Waals surface area contributed by atoms with Crippen molar-refractivity contribution in [2.24, 2.45) is 15.9 Å². The van der Waals surface area contributed by atoms with Crippen LogP contribution in [0.25, 0.3) is 0 Å². The zero-order valence-electron chi connectivity index (χ0n) is 41.9. The summed E-state index contributed by atoms with van der Waals surface area (Å²) in [5.41, 5.74) is 5.34. The van der Waals surface area contributed by atoms with Crippen molar-refractivity contribution in [1.29, 1.82) is 0 Å². The van der Waals surface area contributed by atoms with Crippen LogP contribution in [0.4, 0.5) is 5.69 Å². The van der Waals surface area contributed by atoms with E-state index in [4.69, 9.17) is 29.5 Å². The van der Waals surface area contributed by atoms with Crippen molar-refractivity contribution in [1.82, 2.24) is 15.1 Å². The van der Waals surface area contributed by atoms with Gasteiger partial charge in [-0.05, 0) is 113 Å². The number of rotatable bonds is 37. The highest BCUT2D eigenvalue weighted by Gasteiger charge is 2.35. The molecule has 0 saturated carbocycles. The number of nitrogens with one attached hydrogen (secondary N) is 2. The average molecular weight is 950 g/mol. The molecule has 0 heterocycles. The molecule has 0 aliphatic heterocycles. The van der Waals surface area contributed by atoms with E-state index in [0.29, 0.717) is 84.4 Å². The number of likely N-dealkylation sites (N-methyl/N-ethyl adjacent to an activating group) is 1. The van der Waals surface area contributed by atoms with Gasteiger partial charge in [-0.1, -0.05) is 79.4 Å². The lowest BCUT2D eigenvalue weighted by Crippen LogP contribution is -2.49. The van der Waals surface area contributed by atoms with E-state index in [1.54, 1.807) is 29.3 Å². The molecular formula is C55H79N7O7. The third kappa shape index (κ3) is 22.7. The molecule has 0 bridgehead atoms. The maximum Gasteiger partial charge on any atom is 0.247 e. The zero-order valence-corrected chi connectivity index (χ0v) is 41.9. The number of ether oxygens (including phenoxy) is 5. The smallest absolute Gasteiger partial charge is 0.247 e. The summed E-state index contributed by atoms with van der Waals surface area (Å²) in [5.74, 6) is 6.75. The van der Waals surface area contributed by atoms with Gasteiger partial charge in [0.05, 0.1) is 64.5 Å². The fourth-order valence-corrected chi connectivity index (χ4v) is 7.21. The predicted octanol–water partition coefficient (Wildman–Crippen LogP) is 8.30. The molecule has 4 N–H and O–H groups in total. The lowest BCUT2D eigenvalue weighted by Gasteiger charge is -2.36. The van der Waals surface area contributed by atoms with Crippen LogP contribution in [0.15, 0.2) is 133 Å². The molecule has 376 valence electrons. The first kappa shape index (κ1) is 57.3. The third-order valence-electron chi connectivity index (χ3n) is 11.3. The number of hydrazone groups is 1. The molecule has 0 aliphatic rings. The van der Waals surface area contributed by atoms with E-state index in [1.807, 2.05) is 107 Å². The SMILES string of the molecule is C=C/C=C(\C=C)C(C)NC(=O)C(c1ccc(C)cc1)N(C(=O)CCc1ccc(OCCCCN(C)CCOCCOCC/C(C=NCCOCCOc2ccc(NC)cc2)=N/N)cc1)C(C)CC=C. The molecule has 14 heteroatoms. The summed E-state index contributed by atoms with van der Waals surface area (Å²) < 4.78 is 28.8. The number of benzene rings is 3. The lowest BCUT2D eigenvalue weighted by atomic mass is 9.98. The molecule has 3 atom stereocenters. The van der Waals surface area contributed by atoms with Crippen molar-refractivity contribution in [3.05, 3.63) is 139 Å². The van der Waals surface area contributed by atoms with Crippen LogP contribution >= 0.6 is 0 Å². The average Bonchev–Trinajstić information content (AvgIpc) is 3.35. The van der Waals surface area contributed by atoms with Crippen LogP contribution in [0.2, 0.25) is 0 Å². The number of hydrogen-bond donors (Lipinski definition) is 3. The van der Waals surface area contributed by atoms with Crippen molar-refractivity contribution in [2.75, 3.05) is 91.9 Å². The summed E-state index contributed by atoms with van der Waals surface area (Å²) in [6, 6.07) is 22.0. The Hall–Kier alpha value is -6.06. The van der Waals surface area contributed by atoms with Crippen LogP contribution in [-0.4, -0.2) is 132 Å². The topological polar surface area (TPSA) is 162 Å². The molecule has 0 spiro atoms. The molecule has 14 nitrogen and oxygen atoms in total. The Morgan fingerprint density at radius 1 is 0.783 bits per heavy atom. The first-order valence-electron chi connectivity index (χ1n) is 24.1. The van der Waals surface area contributed by atoms with E-state index in [-0.39, 0.29) is 30.3 Å². The zero-order chi connectivity index (χ0) is 50.1. The highest BCUT2D eigenvalue weighted by atomic mass is 16.5. The second kappa shape index (κ2) is 34.3. The van der Waals surface area contributed by atoms with Gasteiger partial charge in [-0.3, -0.25) is 14.6 Å². The quantitative estimate of drug-likeness (QED) is 0.0128. The number of carbonyl (C=O) groups excluding carboxylic acids is 2. The second-order valence-electron chi connectivity index (χ2n) is 16.7. The van der Waals surface area contributed by atoms with Gasteiger partial charge in [0.2, 0.25) is 11.8 Å². The predicted molar refractivity (Wildman–Crippen MR) is 282 cm³/mol. The summed E-state index contributed by atoms with van der Waals surface area (Å²) in [7, 11) is 3.97. The number of unbranched alkanes of at least 4 members (excludes halogenated alkanes) is 1. The minimum absolute atomic E-state index is 0.111. The molecule has 3 aromatic carbocycles. The number of hydrogen-bond acceptors (Lipinski definition) is 12. The summed E-state index contributed by atoms with van der Waals surface area (Å²) >= 11 is 0. The normalized spacial score (nSPS) is 13.1. The largest absolute Gasteiger partial charge is 0.494 e. The van der Waals surface area contributed by atoms with E-state index < -0.39 is 6.04 Å². The molecule has 0 saturated heterocycles. The third-order valence-corrected chi connectivity index (χ3v) is 11.3. The monoisotopic (exact) mass is 950 g/mol. The number of amides is 2. The molecule has 0 fully saturated rings. The standard InChI is InChI=1S/C55H79N7O7/c1-9-14-44(5)62(54(48-21-16-43(4)17-22-48)55(64)59-45(6)47(11-3)15-10-2)53(63)29-20-46-18-25-51(26-19-46)68-34-13-12-32-61(8)33-37-67-39-38-65-35-30-50(60-56)42-58-31-36-66-40-41-69-52-27-23-49(57-7)24-28-52/h9-11,15-19,21-28,42,44-45,54,57H,1-3,12-14,20,29-41,56H2,4-8H3,(H,59,64)/b47-15+,58-42?,60-50-. The second-order valence-corrected chi connectivity index (χ2v) is 16.7. The molecule has 0 aliphatic carbocycles. The van der Waals surface area contributed by atoms with Crippen LogP contribution in [-0.2, 0) is 30.2 Å². The van der Waals surface area contributed by atoms with Gasteiger partial charge in [-0.15, -0.1) is 6.58 Å². The molecule has 0 aromatic heterocycles. The molecule has 3 rings (SSSR count). The van der Waals surface area contributed by atoms with E-state index in [2.05, 4.69) is 52.4 Å². The van der Waals surface area contributed by atoms with Crippen molar-refractivity contribution >= 4 is 29.4 Å². The number of aliphatic imine (C=N–C) groups is 1. The van der Waals surface area contributed by atoms with E-state index in [1.165, 1.54) is 0 Å². The Balaban J connectivity index is 1.29. The van der Waals surface area contributed by atoms with Gasteiger partial charge < -0.3 is 50.0 Å². The number of nitrogens with zero attached hydrogens (tertiary/aromatic N) is 4. The Kier molecular flexibility index (Phi) is 28.4. The van der Waals surface area contributed by atoms with Gasteiger partial charge in [0, 0.05) is 44.4 Å². The van der Waals surface area contributed by atoms with E-state index in [0.717, 1.165) is 65.4 Å². The van der Waals surface area contributed by atoms with Crippen molar-refractivity contribution in [3.63, 3.8) is 0 Å². The maximum absolute atomic E-state index is 14.2. The Labute approximate surface area is 412 Å². The van der Waals surface area contributed by atoms with Crippen molar-refractivity contribution < 1.29 is 33.3 Å². The van der Waals surface area contributed by atoms with Crippen LogP contribution in [0.1, 0.15) is 68.7 Å². The molecule has 69 heavy (non-hydrogen) atoms. The highest BCUT2D eigenvalue weighted by Crippen LogP contribution is 2.28. The maximum atomic E-state index is 14.2. The van der Waals surface area contributed by atoms with Crippen LogP contribution in [0.5, 0.6) is 11.5 Å². The van der Waals surface area contributed by atoms with Gasteiger partial charge >= 0.3 is 0 Å². The van der Waals surface area contributed by atoms with Gasteiger partial charge in [0.25, 0.3) is 0 Å². The number of anilines is 1. The van der Waals surface area contributed by atoms with Crippen LogP contribution in [0.3, 0.4) is 0 Å². The minimum atomic E-state index is -0.834. The molecule has 2 amide bonds. The van der Waals surface area contributed by atoms with Gasteiger partial charge in [0.1, 0.15) is 24.1 Å². The Morgan fingerprint density at radius 3 is 2.09 bits per heavy atom. The van der Waals surface area contributed by atoms with E-state index >= 15 is 0 Å². The highest BCUT2D eigenvalue weighted by molar-refractivity contribution is 6.30. The van der Waals surface area contributed by atoms with Crippen LogP contribution in [0, 0.1) is 6.92 Å². The number of aryl methyl sites for hydroxylation is 2. The first-order valence-corrected chi connectivity index (χ1v) is 24.1. The van der Waals surface area contributed by atoms with Crippen molar-refractivity contribution in [3.8, 4) is 11.5 Å². The minimum Gasteiger partial charge on any atom is -0.494 e. The van der Waals surface area contributed by atoms with Gasteiger partial charge in [0.15, 0.2) is 0 Å². The Morgan fingerprint density at radius 2 is 1.43 bits per heavy atom. The molecule has 0 radical (unpaired) electrons. The number of nitrogens with two attached hydrogens (primary N) is 1. The fourth-order valence-electron chi connectivity index (χ4n) is 7.21. The number of allylic oxidation sites excluding steroid dienone is 2. The molecule has 3 aromatic rings. The number of carbonyl (C=O) groups is 2. The van der Waals surface area contributed by atoms with E-state index in [9.17, 15) is 9.59 Å². The van der Waals surface area contributed by atoms with Crippen molar-refractivity contribution in [2.45, 2.75) is 77.4 Å². The fraction of sp³-hybridized carbons (Fsp3) is 0.455. The van der Waals surface area contributed by atoms with Gasteiger partial charge in [-0.2, -0.15) is 5.10 Å². The van der Waals surface area contributed by atoms with Crippen LogP contribution < -0.4 is 25.9 Å². The lowest BCUT2D eigenvalue weighted by molar-refractivity contribution is -0.143.